The van der Waals surface area contributed by atoms with Gasteiger partial charge in [0.2, 0.25) is 0 Å². The summed E-state index contributed by atoms with van der Waals surface area (Å²) in [7, 11) is 0. The number of anilines is 1. The highest BCUT2D eigenvalue weighted by atomic mass is 127. The maximum Gasteiger partial charge on any atom is 0.138 e. The lowest BCUT2D eigenvalue weighted by Gasteiger charge is -2.19. The predicted molar refractivity (Wildman–Crippen MR) is 76.5 cm³/mol. The summed E-state index contributed by atoms with van der Waals surface area (Å²) in [5.74, 6) is 2.14. The molecule has 0 aromatic heterocycles. The first-order chi connectivity index (χ1) is 8.24. The van der Waals surface area contributed by atoms with E-state index in [1.165, 1.54) is 18.9 Å². The van der Waals surface area contributed by atoms with Crippen molar-refractivity contribution in [2.45, 2.75) is 12.8 Å². The highest BCUT2D eigenvalue weighted by Crippen LogP contribution is 2.43. The third-order valence-electron chi connectivity index (χ3n) is 3.92. The van der Waals surface area contributed by atoms with E-state index in [1.807, 2.05) is 6.07 Å². The van der Waals surface area contributed by atoms with Crippen molar-refractivity contribution in [2.24, 2.45) is 17.8 Å². The number of allylic oxidation sites excluding steroid dienone is 2. The molecule has 3 heteroatoms. The van der Waals surface area contributed by atoms with Crippen LogP contribution in [0.1, 0.15) is 12.8 Å². The molecule has 1 nitrogen and oxygen atoms in total. The molecule has 1 saturated carbocycles. The lowest BCUT2D eigenvalue weighted by atomic mass is 9.93. The smallest absolute Gasteiger partial charge is 0.138 e. The van der Waals surface area contributed by atoms with E-state index < -0.39 is 0 Å². The Morgan fingerprint density at radius 2 is 2.18 bits per heavy atom. The number of halogens is 2. The molecule has 1 aromatic rings. The summed E-state index contributed by atoms with van der Waals surface area (Å²) in [4.78, 5) is 0. The number of hydrogen-bond donors (Lipinski definition) is 1. The maximum atomic E-state index is 13.4. The molecule has 0 heterocycles. The van der Waals surface area contributed by atoms with Gasteiger partial charge in [0.1, 0.15) is 5.82 Å². The van der Waals surface area contributed by atoms with Gasteiger partial charge >= 0.3 is 0 Å². The largest absolute Gasteiger partial charge is 0.384 e. The number of fused-ring (bicyclic) bond motifs is 2. The Kier molecular flexibility index (Phi) is 3.11. The van der Waals surface area contributed by atoms with Gasteiger partial charge in [-0.05, 0) is 65.3 Å². The summed E-state index contributed by atoms with van der Waals surface area (Å²) in [6, 6.07) is 5.22. The quantitative estimate of drug-likeness (QED) is 0.645. The van der Waals surface area contributed by atoms with Gasteiger partial charge in [-0.3, -0.25) is 0 Å². The summed E-state index contributed by atoms with van der Waals surface area (Å²) >= 11 is 2.06. The van der Waals surface area contributed by atoms with Gasteiger partial charge in [0, 0.05) is 6.54 Å². The van der Waals surface area contributed by atoms with E-state index in [4.69, 9.17) is 0 Å². The third kappa shape index (κ3) is 2.21. The van der Waals surface area contributed by atoms with Gasteiger partial charge in [-0.25, -0.2) is 4.39 Å². The summed E-state index contributed by atoms with van der Waals surface area (Å²) < 4.78 is 14.1. The molecular formula is C14H15FIN. The Balaban J connectivity index is 1.65. The summed E-state index contributed by atoms with van der Waals surface area (Å²) in [5, 5.41) is 3.40. The molecular weight excluding hydrogens is 328 g/mol. The molecule has 3 atom stereocenters. The van der Waals surface area contributed by atoms with Crippen LogP contribution in [0.4, 0.5) is 10.1 Å². The summed E-state index contributed by atoms with van der Waals surface area (Å²) in [6.45, 7) is 0.963. The third-order valence-corrected chi connectivity index (χ3v) is 5.02. The maximum absolute atomic E-state index is 13.4. The molecule has 0 amide bonds. The van der Waals surface area contributed by atoms with Crippen LogP contribution in [0.5, 0.6) is 0 Å². The van der Waals surface area contributed by atoms with Crippen LogP contribution in [0.15, 0.2) is 30.4 Å². The van der Waals surface area contributed by atoms with Crippen LogP contribution < -0.4 is 5.32 Å². The molecule has 0 spiro atoms. The second kappa shape index (κ2) is 4.59. The van der Waals surface area contributed by atoms with Crippen molar-refractivity contribution in [3.8, 4) is 0 Å². The highest BCUT2D eigenvalue weighted by Gasteiger charge is 2.35. The van der Waals surface area contributed by atoms with Crippen LogP contribution in [-0.4, -0.2) is 6.54 Å². The number of nitrogens with one attached hydrogen (secondary N) is 1. The van der Waals surface area contributed by atoms with Gasteiger partial charge in [-0.15, -0.1) is 0 Å². The van der Waals surface area contributed by atoms with E-state index in [2.05, 4.69) is 40.1 Å². The van der Waals surface area contributed by atoms with Gasteiger partial charge in [0.05, 0.1) is 9.26 Å². The van der Waals surface area contributed by atoms with E-state index in [0.717, 1.165) is 30.0 Å². The SMILES string of the molecule is Fc1cccc(NCC2CC3C=CC2C3)c1I. The van der Waals surface area contributed by atoms with E-state index >= 15 is 0 Å². The zero-order valence-corrected chi connectivity index (χ0v) is 11.7. The highest BCUT2D eigenvalue weighted by molar-refractivity contribution is 14.1. The Morgan fingerprint density at radius 1 is 1.29 bits per heavy atom. The molecule has 2 aliphatic rings. The standard InChI is InChI=1S/C14H15FIN/c15-12-2-1-3-13(14(12)16)17-8-11-7-9-4-5-10(11)6-9/h1-5,9-11,17H,6-8H2. The molecule has 0 radical (unpaired) electrons. The zero-order chi connectivity index (χ0) is 11.8. The van der Waals surface area contributed by atoms with Gasteiger partial charge in [-0.2, -0.15) is 0 Å². The average molecular weight is 343 g/mol. The minimum Gasteiger partial charge on any atom is -0.384 e. The molecule has 0 aliphatic heterocycles. The molecule has 90 valence electrons. The molecule has 3 unspecified atom stereocenters. The molecule has 0 saturated heterocycles. The number of hydrogen-bond acceptors (Lipinski definition) is 1. The fraction of sp³-hybridized carbons (Fsp3) is 0.429. The van der Waals surface area contributed by atoms with E-state index in [1.54, 1.807) is 6.07 Å². The molecule has 1 aromatic carbocycles. The van der Waals surface area contributed by atoms with Crippen molar-refractivity contribution in [3.05, 3.63) is 39.7 Å². The first-order valence-electron chi connectivity index (χ1n) is 6.10. The Bertz CT molecular complexity index is 458. The van der Waals surface area contributed by atoms with E-state index in [0.29, 0.717) is 3.57 Å². The molecule has 3 rings (SSSR count). The second-order valence-corrected chi connectivity index (χ2v) is 6.10. The van der Waals surface area contributed by atoms with Crippen LogP contribution in [0.3, 0.4) is 0 Å². The first-order valence-corrected chi connectivity index (χ1v) is 7.18. The fourth-order valence-corrected chi connectivity index (χ4v) is 3.56. The van der Waals surface area contributed by atoms with Crippen molar-refractivity contribution in [2.75, 3.05) is 11.9 Å². The lowest BCUT2D eigenvalue weighted by Crippen LogP contribution is -2.18. The van der Waals surface area contributed by atoms with Crippen LogP contribution in [-0.2, 0) is 0 Å². The number of rotatable bonds is 3. The number of benzene rings is 1. The Morgan fingerprint density at radius 3 is 2.88 bits per heavy atom. The Labute approximate surface area is 115 Å². The average Bonchev–Trinajstić information content (AvgIpc) is 2.93. The van der Waals surface area contributed by atoms with Crippen LogP contribution in [0.25, 0.3) is 0 Å². The van der Waals surface area contributed by atoms with Crippen molar-refractivity contribution in [1.82, 2.24) is 0 Å². The van der Waals surface area contributed by atoms with E-state index in [9.17, 15) is 4.39 Å². The van der Waals surface area contributed by atoms with E-state index in [-0.39, 0.29) is 5.82 Å². The van der Waals surface area contributed by atoms with Crippen molar-refractivity contribution in [3.63, 3.8) is 0 Å². The summed E-state index contributed by atoms with van der Waals surface area (Å²) in [6.07, 6.45) is 7.33. The van der Waals surface area contributed by atoms with Crippen LogP contribution in [0.2, 0.25) is 0 Å². The molecule has 2 bridgehead atoms. The first kappa shape index (κ1) is 11.5. The Hall–Kier alpha value is -0.580. The van der Waals surface area contributed by atoms with Gasteiger partial charge in [-0.1, -0.05) is 18.2 Å². The molecule has 2 aliphatic carbocycles. The fourth-order valence-electron chi connectivity index (χ4n) is 3.01. The molecule has 1 fully saturated rings. The zero-order valence-electron chi connectivity index (χ0n) is 9.50. The molecule has 17 heavy (non-hydrogen) atoms. The minimum absolute atomic E-state index is 0.136. The normalized spacial score (nSPS) is 29.9. The van der Waals surface area contributed by atoms with Gasteiger partial charge < -0.3 is 5.32 Å². The monoisotopic (exact) mass is 343 g/mol. The minimum atomic E-state index is -0.136. The topological polar surface area (TPSA) is 12.0 Å². The van der Waals surface area contributed by atoms with Crippen molar-refractivity contribution < 1.29 is 4.39 Å². The van der Waals surface area contributed by atoms with Crippen LogP contribution >= 0.6 is 22.6 Å². The second-order valence-electron chi connectivity index (χ2n) is 5.02. The van der Waals surface area contributed by atoms with Gasteiger partial charge in [0.15, 0.2) is 0 Å². The predicted octanol–water partition coefficient (Wildman–Crippen LogP) is 4.05. The molecule has 1 N–H and O–H groups in total. The van der Waals surface area contributed by atoms with Gasteiger partial charge in [0.25, 0.3) is 0 Å². The van der Waals surface area contributed by atoms with Crippen molar-refractivity contribution >= 4 is 28.3 Å². The van der Waals surface area contributed by atoms with Crippen molar-refractivity contribution in [1.29, 1.82) is 0 Å². The van der Waals surface area contributed by atoms with Crippen LogP contribution in [0, 0.1) is 27.1 Å². The summed E-state index contributed by atoms with van der Waals surface area (Å²) in [5.41, 5.74) is 0.928. The lowest BCUT2D eigenvalue weighted by molar-refractivity contribution is 0.471.